The fourth-order valence-corrected chi connectivity index (χ4v) is 1.05. The Kier molecular flexibility index (Phi) is 3.49. The van der Waals surface area contributed by atoms with Crippen LogP contribution >= 0.6 is 0 Å². The molecule has 1 fully saturated rings. The van der Waals surface area contributed by atoms with Crippen molar-refractivity contribution in [1.29, 1.82) is 0 Å². The second-order valence-electron chi connectivity index (χ2n) is 3.11. The summed E-state index contributed by atoms with van der Waals surface area (Å²) in [6.07, 6.45) is 2.76. The van der Waals surface area contributed by atoms with Gasteiger partial charge >= 0.3 is 5.97 Å². The van der Waals surface area contributed by atoms with Gasteiger partial charge < -0.3 is 15.2 Å². The van der Waals surface area contributed by atoms with Crippen LogP contribution in [0.15, 0.2) is 0 Å². The van der Waals surface area contributed by atoms with E-state index < -0.39 is 12.0 Å². The third-order valence-electron chi connectivity index (χ3n) is 1.92. The molecule has 0 amide bonds. The Bertz CT molecular complexity index is 156. The molecule has 0 radical (unpaired) electrons. The van der Waals surface area contributed by atoms with Gasteiger partial charge in [-0.2, -0.15) is 0 Å². The number of carboxylic acid groups (broad SMARTS) is 1. The third kappa shape index (κ3) is 3.19. The van der Waals surface area contributed by atoms with E-state index in [-0.39, 0.29) is 0 Å². The van der Waals surface area contributed by atoms with Gasteiger partial charge in [0, 0.05) is 19.8 Å². The average Bonchev–Trinajstić information content (AvgIpc) is 2.80. The maximum atomic E-state index is 10.7. The molecule has 1 aliphatic carbocycles. The van der Waals surface area contributed by atoms with Crippen molar-refractivity contribution in [3.8, 4) is 0 Å². The van der Waals surface area contributed by atoms with Crippen molar-refractivity contribution < 1.29 is 14.6 Å². The fourth-order valence-electron chi connectivity index (χ4n) is 1.05. The van der Waals surface area contributed by atoms with E-state index in [0.717, 1.165) is 12.8 Å². The first-order chi connectivity index (χ1) is 5.74. The minimum Gasteiger partial charge on any atom is -0.480 e. The van der Waals surface area contributed by atoms with Gasteiger partial charge in [0.1, 0.15) is 6.04 Å². The second-order valence-corrected chi connectivity index (χ2v) is 3.11. The highest BCUT2D eigenvalue weighted by Gasteiger charge is 2.27. The highest BCUT2D eigenvalue weighted by Crippen LogP contribution is 2.19. The molecule has 4 nitrogen and oxygen atoms in total. The van der Waals surface area contributed by atoms with Crippen molar-refractivity contribution in [3.05, 3.63) is 0 Å². The van der Waals surface area contributed by atoms with Gasteiger partial charge in [-0.05, 0) is 19.3 Å². The van der Waals surface area contributed by atoms with Gasteiger partial charge in [0.05, 0.1) is 0 Å². The van der Waals surface area contributed by atoms with E-state index in [2.05, 4.69) is 5.32 Å². The van der Waals surface area contributed by atoms with Crippen LogP contribution in [0.4, 0.5) is 0 Å². The van der Waals surface area contributed by atoms with E-state index in [0.29, 0.717) is 19.1 Å². The number of methoxy groups -OCH3 is 1. The fraction of sp³-hybridized carbons (Fsp3) is 0.875. The zero-order chi connectivity index (χ0) is 8.97. The van der Waals surface area contributed by atoms with Crippen LogP contribution < -0.4 is 5.32 Å². The SMILES string of the molecule is COCCC(NC1CC1)C(=O)O. The van der Waals surface area contributed by atoms with Crippen LogP contribution in [0.2, 0.25) is 0 Å². The predicted octanol–water partition coefficient (Wildman–Crippen LogP) is 0.228. The molecular weight excluding hydrogens is 158 g/mol. The van der Waals surface area contributed by atoms with Crippen molar-refractivity contribution in [1.82, 2.24) is 5.32 Å². The van der Waals surface area contributed by atoms with Crippen LogP contribution in [0.1, 0.15) is 19.3 Å². The minimum absolute atomic E-state index is 0.433. The van der Waals surface area contributed by atoms with Crippen LogP contribution in [0.5, 0.6) is 0 Å². The van der Waals surface area contributed by atoms with Gasteiger partial charge in [-0.3, -0.25) is 4.79 Å². The van der Waals surface area contributed by atoms with Crippen molar-refractivity contribution in [2.45, 2.75) is 31.3 Å². The molecule has 2 N–H and O–H groups in total. The Morgan fingerprint density at radius 2 is 2.42 bits per heavy atom. The highest BCUT2D eigenvalue weighted by molar-refractivity contribution is 5.73. The maximum absolute atomic E-state index is 10.7. The summed E-state index contributed by atoms with van der Waals surface area (Å²) in [5, 5.41) is 11.8. The van der Waals surface area contributed by atoms with E-state index in [9.17, 15) is 4.79 Å². The van der Waals surface area contributed by atoms with Crippen LogP contribution in [0.3, 0.4) is 0 Å². The van der Waals surface area contributed by atoms with Gasteiger partial charge in [-0.25, -0.2) is 0 Å². The summed E-state index contributed by atoms with van der Waals surface area (Å²) in [4.78, 5) is 10.7. The molecule has 0 spiro atoms. The Morgan fingerprint density at radius 1 is 1.75 bits per heavy atom. The van der Waals surface area contributed by atoms with Gasteiger partial charge in [-0.15, -0.1) is 0 Å². The first-order valence-electron chi connectivity index (χ1n) is 4.22. The molecule has 0 aliphatic heterocycles. The number of carboxylic acids is 1. The van der Waals surface area contributed by atoms with Gasteiger partial charge in [0.15, 0.2) is 0 Å². The van der Waals surface area contributed by atoms with Crippen molar-refractivity contribution >= 4 is 5.97 Å². The van der Waals surface area contributed by atoms with E-state index in [1.54, 1.807) is 7.11 Å². The lowest BCUT2D eigenvalue weighted by atomic mass is 10.2. The summed E-state index contributed by atoms with van der Waals surface area (Å²) in [6, 6.07) is 0.000376. The Morgan fingerprint density at radius 3 is 2.83 bits per heavy atom. The maximum Gasteiger partial charge on any atom is 0.320 e. The van der Waals surface area contributed by atoms with Gasteiger partial charge in [0.2, 0.25) is 0 Å². The molecule has 1 aliphatic rings. The van der Waals surface area contributed by atoms with Gasteiger partial charge in [0.25, 0.3) is 0 Å². The molecule has 0 aromatic heterocycles. The quantitative estimate of drug-likeness (QED) is 0.603. The van der Waals surface area contributed by atoms with Crippen LogP contribution in [-0.4, -0.2) is 36.9 Å². The van der Waals surface area contributed by atoms with E-state index >= 15 is 0 Å². The molecule has 0 saturated heterocycles. The predicted molar refractivity (Wildman–Crippen MR) is 44.1 cm³/mol. The molecule has 1 rings (SSSR count). The number of ether oxygens (including phenoxy) is 1. The Balaban J connectivity index is 2.21. The summed E-state index contributed by atoms with van der Waals surface area (Å²) in [6.45, 7) is 0.497. The first-order valence-corrected chi connectivity index (χ1v) is 4.22. The van der Waals surface area contributed by atoms with Crippen molar-refractivity contribution in [2.24, 2.45) is 0 Å². The minimum atomic E-state index is -0.779. The molecule has 0 heterocycles. The highest BCUT2D eigenvalue weighted by atomic mass is 16.5. The van der Waals surface area contributed by atoms with E-state index in [1.165, 1.54) is 0 Å². The Hall–Kier alpha value is -0.610. The van der Waals surface area contributed by atoms with Crippen LogP contribution in [0, 0.1) is 0 Å². The summed E-state index contributed by atoms with van der Waals surface area (Å²) in [5.41, 5.74) is 0. The molecule has 0 aromatic carbocycles. The second kappa shape index (κ2) is 4.42. The standard InChI is InChI=1S/C8H15NO3/c1-12-5-4-7(8(10)11)9-6-2-3-6/h6-7,9H,2-5H2,1H3,(H,10,11). The molecular formula is C8H15NO3. The number of nitrogens with one attached hydrogen (secondary N) is 1. The molecule has 1 atom stereocenters. The zero-order valence-electron chi connectivity index (χ0n) is 7.25. The van der Waals surface area contributed by atoms with E-state index in [4.69, 9.17) is 9.84 Å². The molecule has 0 aromatic rings. The van der Waals surface area contributed by atoms with Crippen molar-refractivity contribution in [2.75, 3.05) is 13.7 Å². The molecule has 4 heteroatoms. The average molecular weight is 173 g/mol. The lowest BCUT2D eigenvalue weighted by Crippen LogP contribution is -2.38. The summed E-state index contributed by atoms with van der Waals surface area (Å²) >= 11 is 0. The molecule has 12 heavy (non-hydrogen) atoms. The topological polar surface area (TPSA) is 58.6 Å². The van der Waals surface area contributed by atoms with E-state index in [1.807, 2.05) is 0 Å². The molecule has 1 saturated carbocycles. The number of rotatable bonds is 6. The number of carbonyl (C=O) groups is 1. The number of hydrogen-bond acceptors (Lipinski definition) is 3. The Labute approximate surface area is 71.9 Å². The lowest BCUT2D eigenvalue weighted by molar-refractivity contribution is -0.140. The molecule has 0 bridgehead atoms. The zero-order valence-corrected chi connectivity index (χ0v) is 7.25. The summed E-state index contributed by atoms with van der Waals surface area (Å²) in [7, 11) is 1.58. The normalized spacial score (nSPS) is 19.1. The van der Waals surface area contributed by atoms with Crippen molar-refractivity contribution in [3.63, 3.8) is 0 Å². The number of hydrogen-bond donors (Lipinski definition) is 2. The van der Waals surface area contributed by atoms with Crippen LogP contribution in [-0.2, 0) is 9.53 Å². The summed E-state index contributed by atoms with van der Waals surface area (Å²) < 4.78 is 4.82. The van der Waals surface area contributed by atoms with Gasteiger partial charge in [-0.1, -0.05) is 0 Å². The molecule has 1 unspecified atom stereocenters. The smallest absolute Gasteiger partial charge is 0.320 e. The number of aliphatic carboxylic acids is 1. The lowest BCUT2D eigenvalue weighted by Gasteiger charge is -2.12. The first kappa shape index (κ1) is 9.48. The largest absolute Gasteiger partial charge is 0.480 e. The summed E-state index contributed by atoms with van der Waals surface area (Å²) in [5.74, 6) is -0.779. The van der Waals surface area contributed by atoms with Crippen LogP contribution in [0.25, 0.3) is 0 Å². The molecule has 70 valence electrons. The monoisotopic (exact) mass is 173 g/mol. The third-order valence-corrected chi connectivity index (χ3v) is 1.92.